The highest BCUT2D eigenvalue weighted by atomic mass is 16.1. The number of benzene rings is 2. The van der Waals surface area contributed by atoms with Crippen LogP contribution in [0.1, 0.15) is 69.5 Å². The normalized spacial score (nSPS) is 16.2. The summed E-state index contributed by atoms with van der Waals surface area (Å²) < 4.78 is 3.87. The lowest BCUT2D eigenvalue weighted by molar-refractivity contribution is -0.112. The Labute approximate surface area is 231 Å². The number of nitrogens with zero attached hydrogens (tertiary/aromatic N) is 4. The van der Waals surface area contributed by atoms with Crippen LogP contribution in [-0.2, 0) is 17.6 Å². The summed E-state index contributed by atoms with van der Waals surface area (Å²) in [6, 6.07) is 20.3. The van der Waals surface area contributed by atoms with Crippen LogP contribution in [0, 0.1) is 11.8 Å². The molecule has 0 saturated heterocycles. The Kier molecular flexibility index (Phi) is 8.06. The first-order valence-electron chi connectivity index (χ1n) is 14.1. The number of Topliss-reactive ketones (excluding diaryl/α,β-unsaturated/α-hetero) is 1. The van der Waals surface area contributed by atoms with Crippen molar-refractivity contribution in [3.05, 3.63) is 107 Å². The average Bonchev–Trinajstić information content (AvgIpc) is 3.50. The average molecular weight is 519 g/mol. The minimum Gasteiger partial charge on any atom is -0.289 e. The van der Waals surface area contributed by atoms with Crippen LogP contribution in [0.25, 0.3) is 23.5 Å². The Hall–Kier alpha value is -3.99. The minimum absolute atomic E-state index is 0.146. The molecule has 200 valence electrons. The number of hydrogen-bond donors (Lipinski definition) is 0. The standard InChI is InChI=1S/C34H38N4O/c1-24(2)18-32-28(22-37(35-32)30-14-7-5-8-15-30)20-26-12-11-13-27(34(26)39)21-29-23-38(31-16-9-6-10-17-31)36-33(29)19-25(3)4/h5-10,14-17,20-25H,11-13,18-19H2,1-4H3. The van der Waals surface area contributed by atoms with Crippen LogP contribution in [0.4, 0.5) is 0 Å². The predicted octanol–water partition coefficient (Wildman–Crippen LogP) is 7.68. The monoisotopic (exact) mass is 518 g/mol. The molecule has 0 bridgehead atoms. The second-order valence-electron chi connectivity index (χ2n) is 11.3. The number of carbonyl (C=O) groups excluding carboxylic acids is 1. The Balaban J connectivity index is 1.48. The van der Waals surface area contributed by atoms with E-state index in [-0.39, 0.29) is 5.78 Å². The lowest BCUT2D eigenvalue weighted by Crippen LogP contribution is -2.12. The molecular weight excluding hydrogens is 480 g/mol. The van der Waals surface area contributed by atoms with E-state index in [9.17, 15) is 4.79 Å². The molecule has 2 heterocycles. The molecule has 2 aromatic carbocycles. The third-order valence-corrected chi connectivity index (χ3v) is 7.03. The third kappa shape index (κ3) is 6.36. The van der Waals surface area contributed by atoms with Crippen molar-refractivity contribution in [3.63, 3.8) is 0 Å². The Morgan fingerprint density at radius 1 is 0.692 bits per heavy atom. The summed E-state index contributed by atoms with van der Waals surface area (Å²) in [6.07, 6.45) is 12.6. The molecule has 39 heavy (non-hydrogen) atoms. The van der Waals surface area contributed by atoms with Crippen molar-refractivity contribution in [2.75, 3.05) is 0 Å². The SMILES string of the molecule is CC(C)Cc1nn(-c2ccccc2)cc1C=C1CCCC(=Cc2cn(-c3ccccc3)nc2CC(C)C)C1=O. The quantitative estimate of drug-likeness (QED) is 0.225. The van der Waals surface area contributed by atoms with Gasteiger partial charge in [0.25, 0.3) is 0 Å². The van der Waals surface area contributed by atoms with Gasteiger partial charge in [-0.3, -0.25) is 4.79 Å². The molecule has 1 aliphatic carbocycles. The van der Waals surface area contributed by atoms with Gasteiger partial charge in [0.2, 0.25) is 0 Å². The van der Waals surface area contributed by atoms with Crippen LogP contribution in [0.15, 0.2) is 84.2 Å². The van der Waals surface area contributed by atoms with E-state index in [1.165, 1.54) is 0 Å². The maximum atomic E-state index is 13.8. The van der Waals surface area contributed by atoms with Crippen molar-refractivity contribution < 1.29 is 4.79 Å². The number of rotatable bonds is 8. The minimum atomic E-state index is 0.146. The van der Waals surface area contributed by atoms with Crippen molar-refractivity contribution in [3.8, 4) is 11.4 Å². The van der Waals surface area contributed by atoms with E-state index in [0.29, 0.717) is 11.8 Å². The summed E-state index contributed by atoms with van der Waals surface area (Å²) in [5, 5.41) is 9.81. The molecular formula is C34H38N4O. The summed E-state index contributed by atoms with van der Waals surface area (Å²) in [7, 11) is 0. The molecule has 0 spiro atoms. The molecule has 0 aliphatic heterocycles. The molecule has 1 aliphatic rings. The van der Waals surface area contributed by atoms with E-state index < -0.39 is 0 Å². The van der Waals surface area contributed by atoms with Gasteiger partial charge in [-0.15, -0.1) is 0 Å². The van der Waals surface area contributed by atoms with Crippen molar-refractivity contribution in [2.24, 2.45) is 11.8 Å². The first-order chi connectivity index (χ1) is 18.9. The summed E-state index contributed by atoms with van der Waals surface area (Å²) >= 11 is 0. The fourth-order valence-corrected chi connectivity index (χ4v) is 5.16. The highest BCUT2D eigenvalue weighted by molar-refractivity contribution is 6.14. The summed E-state index contributed by atoms with van der Waals surface area (Å²) in [5.41, 5.74) is 7.93. The van der Waals surface area contributed by atoms with E-state index in [4.69, 9.17) is 10.2 Å². The molecule has 2 aromatic heterocycles. The van der Waals surface area contributed by atoms with Crippen molar-refractivity contribution >= 4 is 17.9 Å². The van der Waals surface area contributed by atoms with Gasteiger partial charge in [-0.1, -0.05) is 64.1 Å². The van der Waals surface area contributed by atoms with Gasteiger partial charge in [-0.2, -0.15) is 10.2 Å². The molecule has 0 N–H and O–H groups in total. The maximum absolute atomic E-state index is 13.8. The van der Waals surface area contributed by atoms with Crippen molar-refractivity contribution in [1.82, 2.24) is 19.6 Å². The molecule has 5 rings (SSSR count). The van der Waals surface area contributed by atoms with E-state index >= 15 is 0 Å². The number of ketones is 1. The fraction of sp³-hybridized carbons (Fsp3) is 0.324. The zero-order chi connectivity index (χ0) is 27.4. The largest absolute Gasteiger partial charge is 0.289 e. The second-order valence-corrected chi connectivity index (χ2v) is 11.3. The highest BCUT2D eigenvalue weighted by Crippen LogP contribution is 2.30. The molecule has 1 fully saturated rings. The number of aromatic nitrogens is 4. The Morgan fingerprint density at radius 2 is 1.10 bits per heavy atom. The predicted molar refractivity (Wildman–Crippen MR) is 159 cm³/mol. The molecule has 0 atom stereocenters. The number of carbonyl (C=O) groups is 1. The first kappa shape index (κ1) is 26.6. The maximum Gasteiger partial charge on any atom is 0.185 e. The van der Waals surface area contributed by atoms with Crippen LogP contribution in [0.3, 0.4) is 0 Å². The molecule has 0 radical (unpaired) electrons. The van der Waals surface area contributed by atoms with E-state index in [1.807, 2.05) is 45.8 Å². The zero-order valence-corrected chi connectivity index (χ0v) is 23.5. The molecule has 5 heteroatoms. The lowest BCUT2D eigenvalue weighted by atomic mass is 9.86. The van der Waals surface area contributed by atoms with E-state index in [2.05, 4.69) is 76.5 Å². The zero-order valence-electron chi connectivity index (χ0n) is 23.5. The Morgan fingerprint density at radius 3 is 1.49 bits per heavy atom. The van der Waals surface area contributed by atoms with E-state index in [1.54, 1.807) is 0 Å². The fourth-order valence-electron chi connectivity index (χ4n) is 5.16. The smallest absolute Gasteiger partial charge is 0.185 e. The van der Waals surface area contributed by atoms with Crippen LogP contribution in [-0.4, -0.2) is 25.3 Å². The number of allylic oxidation sites excluding steroid dienone is 2. The van der Waals surface area contributed by atoms with Gasteiger partial charge >= 0.3 is 0 Å². The van der Waals surface area contributed by atoms with Gasteiger partial charge in [0.15, 0.2) is 5.78 Å². The van der Waals surface area contributed by atoms with Gasteiger partial charge in [0, 0.05) is 34.7 Å². The van der Waals surface area contributed by atoms with Crippen molar-refractivity contribution in [1.29, 1.82) is 0 Å². The van der Waals surface area contributed by atoms with Gasteiger partial charge < -0.3 is 0 Å². The van der Waals surface area contributed by atoms with Crippen LogP contribution < -0.4 is 0 Å². The topological polar surface area (TPSA) is 52.7 Å². The van der Waals surface area contributed by atoms with Crippen LogP contribution in [0.2, 0.25) is 0 Å². The van der Waals surface area contributed by atoms with Gasteiger partial charge in [0.05, 0.1) is 22.8 Å². The van der Waals surface area contributed by atoms with Gasteiger partial charge in [-0.25, -0.2) is 9.36 Å². The third-order valence-electron chi connectivity index (χ3n) is 7.03. The second kappa shape index (κ2) is 11.8. The van der Waals surface area contributed by atoms with Gasteiger partial charge in [-0.05, 0) is 80.4 Å². The number of para-hydroxylation sites is 2. The number of hydrogen-bond acceptors (Lipinski definition) is 3. The summed E-state index contributed by atoms with van der Waals surface area (Å²) in [4.78, 5) is 13.8. The van der Waals surface area contributed by atoms with Gasteiger partial charge in [0.1, 0.15) is 0 Å². The molecule has 0 unspecified atom stereocenters. The molecule has 4 aromatic rings. The van der Waals surface area contributed by atoms with Crippen molar-refractivity contribution in [2.45, 2.75) is 59.8 Å². The van der Waals surface area contributed by atoms with Crippen LogP contribution in [0.5, 0.6) is 0 Å². The van der Waals surface area contributed by atoms with E-state index in [0.717, 1.165) is 77.1 Å². The highest BCUT2D eigenvalue weighted by Gasteiger charge is 2.23. The summed E-state index contributed by atoms with van der Waals surface area (Å²) in [5.74, 6) is 1.09. The first-order valence-corrected chi connectivity index (χ1v) is 14.1. The molecule has 0 amide bonds. The lowest BCUT2D eigenvalue weighted by Gasteiger charge is -2.16. The molecule has 1 saturated carbocycles. The molecule has 5 nitrogen and oxygen atoms in total. The van der Waals surface area contributed by atoms with Crippen LogP contribution >= 0.6 is 0 Å². The Bertz CT molecular complexity index is 1370. The summed E-state index contributed by atoms with van der Waals surface area (Å²) in [6.45, 7) is 8.82.